The molecule has 0 unspecified atom stereocenters. The van der Waals surface area contributed by atoms with Crippen LogP contribution in [0, 0.1) is 6.92 Å². The van der Waals surface area contributed by atoms with Gasteiger partial charge in [0.25, 0.3) is 5.91 Å². The normalized spacial score (nSPS) is 14.9. The first-order chi connectivity index (χ1) is 13.7. The van der Waals surface area contributed by atoms with Crippen molar-refractivity contribution in [1.29, 1.82) is 0 Å². The lowest BCUT2D eigenvalue weighted by Crippen LogP contribution is -2.35. The third kappa shape index (κ3) is 5.68. The van der Waals surface area contributed by atoms with Crippen LogP contribution in [0.5, 0.6) is 5.75 Å². The van der Waals surface area contributed by atoms with Crippen LogP contribution >= 0.6 is 0 Å². The van der Waals surface area contributed by atoms with E-state index < -0.39 is 0 Å². The number of benzene rings is 1. The summed E-state index contributed by atoms with van der Waals surface area (Å²) in [7, 11) is 1.68. The molecule has 1 aromatic carbocycles. The molecule has 0 aliphatic heterocycles. The lowest BCUT2D eigenvalue weighted by atomic mass is 10.1. The monoisotopic (exact) mass is 382 g/mol. The molecule has 1 aromatic heterocycles. The van der Waals surface area contributed by atoms with E-state index in [0.717, 1.165) is 30.6 Å². The predicted octanol–water partition coefficient (Wildman–Crippen LogP) is 3.90. The van der Waals surface area contributed by atoms with Crippen molar-refractivity contribution in [3.8, 4) is 5.75 Å². The van der Waals surface area contributed by atoms with Gasteiger partial charge in [-0.05, 0) is 37.8 Å². The van der Waals surface area contributed by atoms with Crippen LogP contribution in [0.25, 0.3) is 0 Å². The van der Waals surface area contributed by atoms with Crippen molar-refractivity contribution in [3.05, 3.63) is 47.4 Å². The van der Waals surface area contributed by atoms with E-state index in [0.29, 0.717) is 23.9 Å². The van der Waals surface area contributed by atoms with Crippen LogP contribution in [-0.4, -0.2) is 35.6 Å². The molecular formula is C22H30N4O2. The standard InChI is InChI=1S/C22H30N4O2/c1-16-24-19(22(27)26-18-10-5-3-4-6-11-18)15-21(25-16)23-14-13-17-9-7-8-12-20(17)28-2/h7-9,12,15,18H,3-6,10-11,13-14H2,1-2H3,(H,26,27)(H,23,24,25). The number of nitrogens with zero attached hydrogens (tertiary/aromatic N) is 2. The van der Waals surface area contributed by atoms with Crippen molar-refractivity contribution in [2.45, 2.75) is 57.9 Å². The molecule has 0 saturated heterocycles. The van der Waals surface area contributed by atoms with E-state index in [1.165, 1.54) is 25.7 Å². The molecule has 6 nitrogen and oxygen atoms in total. The molecule has 6 heteroatoms. The Morgan fingerprint density at radius 1 is 1.14 bits per heavy atom. The van der Waals surface area contributed by atoms with Crippen molar-refractivity contribution in [2.24, 2.45) is 0 Å². The molecule has 2 N–H and O–H groups in total. The Hall–Kier alpha value is -2.63. The molecule has 1 aliphatic rings. The van der Waals surface area contributed by atoms with Crippen LogP contribution in [0.1, 0.15) is 60.4 Å². The number of aromatic nitrogens is 2. The van der Waals surface area contributed by atoms with E-state index in [1.807, 2.05) is 25.1 Å². The second kappa shape index (κ2) is 10.1. The van der Waals surface area contributed by atoms with Crippen molar-refractivity contribution in [2.75, 3.05) is 19.0 Å². The summed E-state index contributed by atoms with van der Waals surface area (Å²) in [6.45, 7) is 2.51. The van der Waals surface area contributed by atoms with Crippen molar-refractivity contribution < 1.29 is 9.53 Å². The number of aryl methyl sites for hydroxylation is 1. The average Bonchev–Trinajstić information content (AvgIpc) is 2.96. The number of amides is 1. The highest BCUT2D eigenvalue weighted by Crippen LogP contribution is 2.19. The number of carbonyl (C=O) groups is 1. The van der Waals surface area contributed by atoms with Gasteiger partial charge in [0.05, 0.1) is 7.11 Å². The minimum absolute atomic E-state index is 0.106. The van der Waals surface area contributed by atoms with E-state index in [1.54, 1.807) is 13.2 Å². The van der Waals surface area contributed by atoms with E-state index in [9.17, 15) is 4.79 Å². The zero-order chi connectivity index (χ0) is 19.8. The summed E-state index contributed by atoms with van der Waals surface area (Å²) in [4.78, 5) is 21.4. The fraction of sp³-hybridized carbons (Fsp3) is 0.500. The molecular weight excluding hydrogens is 352 g/mol. The number of rotatable bonds is 7. The molecule has 1 aliphatic carbocycles. The summed E-state index contributed by atoms with van der Waals surface area (Å²) in [6, 6.07) is 9.97. The van der Waals surface area contributed by atoms with Gasteiger partial charge < -0.3 is 15.4 Å². The van der Waals surface area contributed by atoms with E-state index in [2.05, 4.69) is 26.7 Å². The molecule has 3 rings (SSSR count). The van der Waals surface area contributed by atoms with Crippen LogP contribution in [0.3, 0.4) is 0 Å². The molecule has 0 spiro atoms. The van der Waals surface area contributed by atoms with Crippen LogP contribution < -0.4 is 15.4 Å². The van der Waals surface area contributed by atoms with Gasteiger partial charge in [-0.1, -0.05) is 43.9 Å². The molecule has 28 heavy (non-hydrogen) atoms. The van der Waals surface area contributed by atoms with Crippen molar-refractivity contribution in [1.82, 2.24) is 15.3 Å². The zero-order valence-corrected chi connectivity index (χ0v) is 16.8. The van der Waals surface area contributed by atoms with Crippen molar-refractivity contribution >= 4 is 11.7 Å². The molecule has 0 bridgehead atoms. The molecule has 150 valence electrons. The van der Waals surface area contributed by atoms with E-state index >= 15 is 0 Å². The lowest BCUT2D eigenvalue weighted by molar-refractivity contribution is 0.0928. The Labute approximate surface area is 167 Å². The Morgan fingerprint density at radius 3 is 2.64 bits per heavy atom. The smallest absolute Gasteiger partial charge is 0.270 e. The first-order valence-corrected chi connectivity index (χ1v) is 10.2. The fourth-order valence-electron chi connectivity index (χ4n) is 3.69. The number of anilines is 1. The third-order valence-corrected chi connectivity index (χ3v) is 5.15. The van der Waals surface area contributed by atoms with Gasteiger partial charge >= 0.3 is 0 Å². The van der Waals surface area contributed by atoms with E-state index in [4.69, 9.17) is 4.74 Å². The summed E-state index contributed by atoms with van der Waals surface area (Å²) < 4.78 is 5.39. The first kappa shape index (κ1) is 20.1. The van der Waals surface area contributed by atoms with Gasteiger partial charge in [-0.15, -0.1) is 0 Å². The Kier molecular flexibility index (Phi) is 7.23. The first-order valence-electron chi connectivity index (χ1n) is 10.2. The number of nitrogens with one attached hydrogen (secondary N) is 2. The second-order valence-electron chi connectivity index (χ2n) is 7.34. The number of carbonyl (C=O) groups excluding carboxylic acids is 1. The molecule has 0 radical (unpaired) electrons. The maximum absolute atomic E-state index is 12.7. The second-order valence-corrected chi connectivity index (χ2v) is 7.34. The summed E-state index contributed by atoms with van der Waals surface area (Å²) in [5.74, 6) is 2.04. The number of para-hydroxylation sites is 1. The van der Waals surface area contributed by atoms with Gasteiger partial charge in [0.2, 0.25) is 0 Å². The van der Waals surface area contributed by atoms with Crippen LogP contribution in [0.4, 0.5) is 5.82 Å². The van der Waals surface area contributed by atoms with Gasteiger partial charge in [-0.25, -0.2) is 9.97 Å². The molecule has 1 amide bonds. The number of hydrogen-bond acceptors (Lipinski definition) is 5. The fourth-order valence-corrected chi connectivity index (χ4v) is 3.69. The van der Waals surface area contributed by atoms with E-state index in [-0.39, 0.29) is 11.9 Å². The minimum atomic E-state index is -0.106. The van der Waals surface area contributed by atoms with Gasteiger partial charge in [-0.3, -0.25) is 4.79 Å². The lowest BCUT2D eigenvalue weighted by Gasteiger charge is -2.16. The van der Waals surface area contributed by atoms with Crippen LogP contribution in [0.15, 0.2) is 30.3 Å². The summed E-state index contributed by atoms with van der Waals surface area (Å²) in [5.41, 5.74) is 1.56. The highest BCUT2D eigenvalue weighted by molar-refractivity contribution is 5.93. The molecule has 1 saturated carbocycles. The van der Waals surface area contributed by atoms with Crippen LogP contribution in [0.2, 0.25) is 0 Å². The van der Waals surface area contributed by atoms with Gasteiger partial charge in [0.1, 0.15) is 23.1 Å². The maximum atomic E-state index is 12.7. The van der Waals surface area contributed by atoms with Gasteiger partial charge in [0.15, 0.2) is 0 Å². The Balaban J connectivity index is 1.60. The van der Waals surface area contributed by atoms with Gasteiger partial charge in [-0.2, -0.15) is 0 Å². The molecule has 0 atom stereocenters. The SMILES string of the molecule is COc1ccccc1CCNc1cc(C(=O)NC2CCCCCC2)nc(C)n1. The number of hydrogen-bond donors (Lipinski definition) is 2. The quantitative estimate of drug-likeness (QED) is 0.710. The number of ether oxygens (including phenoxy) is 1. The highest BCUT2D eigenvalue weighted by atomic mass is 16.5. The molecule has 2 aromatic rings. The highest BCUT2D eigenvalue weighted by Gasteiger charge is 2.17. The summed E-state index contributed by atoms with van der Waals surface area (Å²) in [6.07, 6.45) is 7.81. The molecule has 1 fully saturated rings. The van der Waals surface area contributed by atoms with Gasteiger partial charge in [0, 0.05) is 18.7 Å². The maximum Gasteiger partial charge on any atom is 0.270 e. The largest absolute Gasteiger partial charge is 0.496 e. The van der Waals surface area contributed by atoms with Crippen LogP contribution in [-0.2, 0) is 6.42 Å². The summed E-state index contributed by atoms with van der Waals surface area (Å²) in [5, 5.41) is 6.46. The minimum Gasteiger partial charge on any atom is -0.496 e. The van der Waals surface area contributed by atoms with Crippen molar-refractivity contribution in [3.63, 3.8) is 0 Å². The Morgan fingerprint density at radius 2 is 1.89 bits per heavy atom. The third-order valence-electron chi connectivity index (χ3n) is 5.15. The Bertz CT molecular complexity index is 786. The number of methoxy groups -OCH3 is 1. The topological polar surface area (TPSA) is 76.1 Å². The summed E-state index contributed by atoms with van der Waals surface area (Å²) >= 11 is 0. The average molecular weight is 383 g/mol. The predicted molar refractivity (Wildman–Crippen MR) is 111 cm³/mol. The molecule has 1 heterocycles. The zero-order valence-electron chi connectivity index (χ0n) is 16.8.